The Kier molecular flexibility index (Phi) is 10.7. The summed E-state index contributed by atoms with van der Waals surface area (Å²) in [5, 5.41) is 4.09. The number of carbonyl (C=O) groups excluding carboxylic acids is 2. The lowest BCUT2D eigenvalue weighted by Gasteiger charge is -2.33. The van der Waals surface area contributed by atoms with E-state index in [0.29, 0.717) is 42.5 Å². The summed E-state index contributed by atoms with van der Waals surface area (Å²) in [6, 6.07) is 12.8. The van der Waals surface area contributed by atoms with Crippen molar-refractivity contribution in [3.05, 3.63) is 63.6 Å². The zero-order valence-electron chi connectivity index (χ0n) is 20.7. The molecule has 2 aromatic rings. The number of hydrogen-bond acceptors (Lipinski definition) is 3. The van der Waals surface area contributed by atoms with Crippen molar-refractivity contribution in [2.75, 3.05) is 6.61 Å². The molecule has 1 fully saturated rings. The number of nitrogens with zero attached hydrogens (tertiary/aromatic N) is 1. The van der Waals surface area contributed by atoms with Gasteiger partial charge in [-0.25, -0.2) is 0 Å². The number of hydrogen-bond donors (Lipinski definition) is 1. The predicted molar refractivity (Wildman–Crippen MR) is 142 cm³/mol. The number of halogens is 2. The SMILES string of the molecule is CC[C@@H](C(=O)NC1CCCCC1)N(Cc1ccc(Cl)c(Cl)c1)C(=O)CCCOc1ccc(C)cc1. The summed E-state index contributed by atoms with van der Waals surface area (Å²) in [7, 11) is 0. The Balaban J connectivity index is 1.67. The highest BCUT2D eigenvalue weighted by Crippen LogP contribution is 2.25. The second kappa shape index (κ2) is 13.7. The number of rotatable bonds is 11. The maximum atomic E-state index is 13.4. The molecule has 2 aromatic carbocycles. The standard InChI is InChI=1S/C28H36Cl2N2O3/c1-3-26(28(34)31-22-8-5-4-6-9-22)32(19-21-13-16-24(29)25(30)18-21)27(33)10-7-17-35-23-14-11-20(2)12-15-23/h11-16,18,22,26H,3-10,17,19H2,1-2H3,(H,31,34)/t26-/m0/s1. The van der Waals surface area contributed by atoms with E-state index in [0.717, 1.165) is 37.0 Å². The highest BCUT2D eigenvalue weighted by Gasteiger charge is 2.30. The fourth-order valence-corrected chi connectivity index (χ4v) is 4.81. The van der Waals surface area contributed by atoms with E-state index < -0.39 is 6.04 Å². The fourth-order valence-electron chi connectivity index (χ4n) is 4.49. The van der Waals surface area contributed by atoms with Gasteiger partial charge in [-0.2, -0.15) is 0 Å². The van der Waals surface area contributed by atoms with E-state index >= 15 is 0 Å². The van der Waals surface area contributed by atoms with E-state index in [4.69, 9.17) is 27.9 Å². The Morgan fingerprint density at radius 1 is 1.06 bits per heavy atom. The van der Waals surface area contributed by atoms with Crippen molar-refractivity contribution >= 4 is 35.0 Å². The van der Waals surface area contributed by atoms with Crippen LogP contribution in [0.2, 0.25) is 10.0 Å². The van der Waals surface area contributed by atoms with E-state index in [-0.39, 0.29) is 17.9 Å². The zero-order valence-corrected chi connectivity index (χ0v) is 22.2. The van der Waals surface area contributed by atoms with Crippen LogP contribution in [0.5, 0.6) is 5.75 Å². The highest BCUT2D eigenvalue weighted by atomic mass is 35.5. The molecular weight excluding hydrogens is 483 g/mol. The highest BCUT2D eigenvalue weighted by molar-refractivity contribution is 6.42. The molecule has 1 saturated carbocycles. The van der Waals surface area contributed by atoms with Gasteiger partial charge in [0, 0.05) is 19.0 Å². The summed E-state index contributed by atoms with van der Waals surface area (Å²) in [5.41, 5.74) is 2.01. The molecule has 1 atom stereocenters. The van der Waals surface area contributed by atoms with Crippen molar-refractivity contribution in [1.82, 2.24) is 10.2 Å². The molecule has 0 aliphatic heterocycles. The quantitative estimate of drug-likeness (QED) is 0.336. The van der Waals surface area contributed by atoms with Gasteiger partial charge in [-0.1, -0.05) is 73.2 Å². The number of nitrogens with one attached hydrogen (secondary N) is 1. The molecule has 0 spiro atoms. The average molecular weight is 520 g/mol. The van der Waals surface area contributed by atoms with Crippen LogP contribution in [-0.2, 0) is 16.1 Å². The van der Waals surface area contributed by atoms with Crippen molar-refractivity contribution < 1.29 is 14.3 Å². The van der Waals surface area contributed by atoms with Gasteiger partial charge in [0.25, 0.3) is 0 Å². The molecule has 1 N–H and O–H groups in total. The van der Waals surface area contributed by atoms with Gasteiger partial charge in [0.1, 0.15) is 11.8 Å². The van der Waals surface area contributed by atoms with Crippen molar-refractivity contribution in [3.8, 4) is 5.75 Å². The van der Waals surface area contributed by atoms with E-state index in [1.165, 1.54) is 12.0 Å². The first kappa shape index (κ1) is 27.3. The summed E-state index contributed by atoms with van der Waals surface area (Å²) < 4.78 is 5.79. The average Bonchev–Trinajstić information content (AvgIpc) is 2.85. The monoisotopic (exact) mass is 518 g/mol. The van der Waals surface area contributed by atoms with Crippen molar-refractivity contribution in [3.63, 3.8) is 0 Å². The van der Waals surface area contributed by atoms with Crippen LogP contribution < -0.4 is 10.1 Å². The van der Waals surface area contributed by atoms with Gasteiger partial charge in [-0.15, -0.1) is 0 Å². The number of aryl methyl sites for hydroxylation is 1. The van der Waals surface area contributed by atoms with Crippen LogP contribution in [-0.4, -0.2) is 35.4 Å². The summed E-state index contributed by atoms with van der Waals surface area (Å²) in [4.78, 5) is 28.3. The molecule has 1 aliphatic carbocycles. The van der Waals surface area contributed by atoms with Crippen molar-refractivity contribution in [2.24, 2.45) is 0 Å². The van der Waals surface area contributed by atoms with Gasteiger partial charge >= 0.3 is 0 Å². The first-order chi connectivity index (χ1) is 16.9. The third kappa shape index (κ3) is 8.43. The van der Waals surface area contributed by atoms with Crippen LogP contribution in [0.4, 0.5) is 0 Å². The molecule has 2 amide bonds. The van der Waals surface area contributed by atoms with Crippen molar-refractivity contribution in [2.45, 2.75) is 83.8 Å². The lowest BCUT2D eigenvalue weighted by atomic mass is 9.95. The molecule has 3 rings (SSSR count). The molecule has 35 heavy (non-hydrogen) atoms. The third-order valence-corrected chi connectivity index (χ3v) is 7.24. The van der Waals surface area contributed by atoms with Gasteiger partial charge in [-0.05, 0) is 62.4 Å². The second-order valence-corrected chi connectivity index (χ2v) is 10.1. The first-order valence-electron chi connectivity index (χ1n) is 12.6. The Labute approximate surface area is 219 Å². The minimum absolute atomic E-state index is 0.0748. The summed E-state index contributed by atoms with van der Waals surface area (Å²) >= 11 is 12.3. The Bertz CT molecular complexity index is 975. The molecule has 0 radical (unpaired) electrons. The van der Waals surface area contributed by atoms with Crippen LogP contribution in [0.25, 0.3) is 0 Å². The molecule has 5 nitrogen and oxygen atoms in total. The van der Waals surface area contributed by atoms with Gasteiger partial charge < -0.3 is 15.0 Å². The van der Waals surface area contributed by atoms with E-state index in [9.17, 15) is 9.59 Å². The third-order valence-electron chi connectivity index (χ3n) is 6.50. The van der Waals surface area contributed by atoms with Crippen LogP contribution in [0, 0.1) is 6.92 Å². The van der Waals surface area contributed by atoms with Gasteiger partial charge in [-0.3, -0.25) is 9.59 Å². The Morgan fingerprint density at radius 3 is 2.43 bits per heavy atom. The molecule has 1 aliphatic rings. The largest absolute Gasteiger partial charge is 0.494 e. The molecule has 7 heteroatoms. The second-order valence-electron chi connectivity index (χ2n) is 9.30. The van der Waals surface area contributed by atoms with E-state index in [2.05, 4.69) is 5.32 Å². The lowest BCUT2D eigenvalue weighted by Crippen LogP contribution is -2.51. The summed E-state index contributed by atoms with van der Waals surface area (Å²) in [6.45, 7) is 4.70. The predicted octanol–water partition coefficient (Wildman–Crippen LogP) is 6.72. The number of amides is 2. The minimum atomic E-state index is -0.545. The molecule has 0 aromatic heterocycles. The Morgan fingerprint density at radius 2 is 1.77 bits per heavy atom. The van der Waals surface area contributed by atoms with Crippen LogP contribution in [0.15, 0.2) is 42.5 Å². The van der Waals surface area contributed by atoms with E-state index in [1.54, 1.807) is 17.0 Å². The van der Waals surface area contributed by atoms with Gasteiger partial charge in [0.05, 0.1) is 16.7 Å². The fraction of sp³-hybridized carbons (Fsp3) is 0.500. The zero-order chi connectivity index (χ0) is 25.2. The maximum Gasteiger partial charge on any atom is 0.243 e. The lowest BCUT2D eigenvalue weighted by molar-refractivity contribution is -0.142. The Hall–Kier alpha value is -2.24. The number of carbonyl (C=O) groups is 2. The smallest absolute Gasteiger partial charge is 0.243 e. The normalized spacial score (nSPS) is 14.9. The van der Waals surface area contributed by atoms with Crippen LogP contribution in [0.3, 0.4) is 0 Å². The minimum Gasteiger partial charge on any atom is -0.494 e. The maximum absolute atomic E-state index is 13.4. The summed E-state index contributed by atoms with van der Waals surface area (Å²) in [5.74, 6) is 0.631. The molecule has 0 unspecified atom stereocenters. The van der Waals surface area contributed by atoms with Crippen LogP contribution >= 0.6 is 23.2 Å². The van der Waals surface area contributed by atoms with E-state index in [1.807, 2.05) is 44.2 Å². The van der Waals surface area contributed by atoms with Crippen LogP contribution in [0.1, 0.15) is 69.4 Å². The first-order valence-corrected chi connectivity index (χ1v) is 13.4. The number of ether oxygens (including phenoxy) is 1. The number of benzene rings is 2. The topological polar surface area (TPSA) is 58.6 Å². The molecule has 0 saturated heterocycles. The van der Waals surface area contributed by atoms with Crippen molar-refractivity contribution in [1.29, 1.82) is 0 Å². The summed E-state index contributed by atoms with van der Waals surface area (Å²) in [6.07, 6.45) is 6.87. The van der Waals surface area contributed by atoms with Gasteiger partial charge in [0.15, 0.2) is 0 Å². The van der Waals surface area contributed by atoms with Gasteiger partial charge in [0.2, 0.25) is 11.8 Å². The molecular formula is C28H36Cl2N2O3. The molecule has 190 valence electrons. The molecule has 0 heterocycles. The molecule has 0 bridgehead atoms.